The van der Waals surface area contributed by atoms with E-state index in [4.69, 9.17) is 10.5 Å². The zero-order valence-electron chi connectivity index (χ0n) is 9.70. The summed E-state index contributed by atoms with van der Waals surface area (Å²) >= 11 is 0. The molecule has 3 heteroatoms. The van der Waals surface area contributed by atoms with Crippen LogP contribution in [0.1, 0.15) is 35.6 Å². The number of hydrogen-bond acceptors (Lipinski definition) is 3. The summed E-state index contributed by atoms with van der Waals surface area (Å²) in [5.41, 5.74) is 8.69. The van der Waals surface area contributed by atoms with Crippen molar-refractivity contribution in [3.05, 3.63) is 28.8 Å². The van der Waals surface area contributed by atoms with Gasteiger partial charge in [-0.2, -0.15) is 0 Å². The minimum Gasteiger partial charge on any atom is -0.493 e. The normalized spacial score (nSPS) is 17.2. The molecule has 1 unspecified atom stereocenters. The quantitative estimate of drug-likeness (QED) is 0.799. The molecule has 0 saturated carbocycles. The smallest absolute Gasteiger partial charge is 0.125 e. The molecule has 3 nitrogen and oxygen atoms in total. The monoisotopic (exact) mass is 221 g/mol. The lowest BCUT2D eigenvalue weighted by Crippen LogP contribution is -2.12. The van der Waals surface area contributed by atoms with Crippen LogP contribution in [-0.4, -0.2) is 18.3 Å². The van der Waals surface area contributed by atoms with E-state index >= 15 is 0 Å². The van der Waals surface area contributed by atoms with E-state index in [9.17, 15) is 5.11 Å². The predicted molar refractivity (Wildman–Crippen MR) is 63.6 cm³/mol. The highest BCUT2D eigenvalue weighted by Gasteiger charge is 2.15. The molecule has 1 aliphatic rings. The Balaban J connectivity index is 2.39. The molecule has 1 aromatic carbocycles. The number of aliphatic hydroxyl groups is 1. The van der Waals surface area contributed by atoms with E-state index in [0.29, 0.717) is 0 Å². The Morgan fingerprint density at radius 2 is 2.25 bits per heavy atom. The Bertz CT molecular complexity index is 376. The van der Waals surface area contributed by atoms with Gasteiger partial charge in [0.25, 0.3) is 0 Å². The maximum Gasteiger partial charge on any atom is 0.125 e. The van der Waals surface area contributed by atoms with E-state index < -0.39 is 6.10 Å². The van der Waals surface area contributed by atoms with Crippen molar-refractivity contribution in [2.75, 3.05) is 13.2 Å². The van der Waals surface area contributed by atoms with Gasteiger partial charge in [-0.15, -0.1) is 0 Å². The predicted octanol–water partition coefficient (Wildman–Crippen LogP) is 1.70. The molecule has 1 aliphatic heterocycles. The molecule has 1 aromatic rings. The van der Waals surface area contributed by atoms with E-state index in [2.05, 4.69) is 0 Å². The molecular formula is C13H19NO2. The van der Waals surface area contributed by atoms with Crippen LogP contribution < -0.4 is 10.5 Å². The summed E-state index contributed by atoms with van der Waals surface area (Å²) in [5, 5.41) is 9.76. The van der Waals surface area contributed by atoms with Crippen LogP contribution in [0.4, 0.5) is 0 Å². The Hall–Kier alpha value is -1.06. The van der Waals surface area contributed by atoms with Crippen LogP contribution >= 0.6 is 0 Å². The molecule has 3 N–H and O–H groups in total. The SMILES string of the molecule is Cc1cc(C(O)CN)cc2c1OCCCC2. The van der Waals surface area contributed by atoms with Crippen molar-refractivity contribution in [2.24, 2.45) is 5.73 Å². The van der Waals surface area contributed by atoms with Crippen LogP contribution in [0.15, 0.2) is 12.1 Å². The third-order valence-corrected chi connectivity index (χ3v) is 3.07. The van der Waals surface area contributed by atoms with E-state index in [1.54, 1.807) is 0 Å². The van der Waals surface area contributed by atoms with E-state index in [1.165, 1.54) is 5.56 Å². The topological polar surface area (TPSA) is 55.5 Å². The van der Waals surface area contributed by atoms with Gasteiger partial charge >= 0.3 is 0 Å². The average Bonchev–Trinajstić information content (AvgIpc) is 2.53. The first-order chi connectivity index (χ1) is 7.72. The third kappa shape index (κ3) is 2.20. The van der Waals surface area contributed by atoms with Crippen molar-refractivity contribution in [1.29, 1.82) is 0 Å². The molecular weight excluding hydrogens is 202 g/mol. The highest BCUT2D eigenvalue weighted by atomic mass is 16.5. The maximum atomic E-state index is 9.76. The Morgan fingerprint density at radius 1 is 1.44 bits per heavy atom. The van der Waals surface area contributed by atoms with Gasteiger partial charge in [-0.1, -0.05) is 0 Å². The fourth-order valence-electron chi connectivity index (χ4n) is 2.19. The minimum atomic E-state index is -0.563. The molecule has 0 aromatic heterocycles. The number of aryl methyl sites for hydroxylation is 2. The molecule has 88 valence electrons. The van der Waals surface area contributed by atoms with Gasteiger partial charge in [-0.05, 0) is 55.0 Å². The van der Waals surface area contributed by atoms with Gasteiger partial charge in [0.2, 0.25) is 0 Å². The van der Waals surface area contributed by atoms with Crippen molar-refractivity contribution in [2.45, 2.75) is 32.3 Å². The summed E-state index contributed by atoms with van der Waals surface area (Å²) in [5.74, 6) is 1.01. The average molecular weight is 221 g/mol. The third-order valence-electron chi connectivity index (χ3n) is 3.07. The molecule has 0 amide bonds. The summed E-state index contributed by atoms with van der Waals surface area (Å²) in [6.45, 7) is 3.09. The highest BCUT2D eigenvalue weighted by molar-refractivity contribution is 5.45. The van der Waals surface area contributed by atoms with Crippen LogP contribution in [0.25, 0.3) is 0 Å². The van der Waals surface area contributed by atoms with Gasteiger partial charge in [-0.3, -0.25) is 0 Å². The van der Waals surface area contributed by atoms with Crippen LogP contribution in [0.5, 0.6) is 5.75 Å². The van der Waals surface area contributed by atoms with Gasteiger partial charge in [0, 0.05) is 6.54 Å². The largest absolute Gasteiger partial charge is 0.493 e. The Morgan fingerprint density at radius 3 is 3.00 bits per heavy atom. The number of hydrogen-bond donors (Lipinski definition) is 2. The molecule has 0 fully saturated rings. The zero-order valence-corrected chi connectivity index (χ0v) is 9.70. The van der Waals surface area contributed by atoms with Crippen molar-refractivity contribution >= 4 is 0 Å². The molecule has 0 radical (unpaired) electrons. The van der Waals surface area contributed by atoms with E-state index in [-0.39, 0.29) is 6.54 Å². The molecule has 0 saturated heterocycles. The van der Waals surface area contributed by atoms with Crippen molar-refractivity contribution < 1.29 is 9.84 Å². The first kappa shape index (κ1) is 11.4. The van der Waals surface area contributed by atoms with E-state index in [0.717, 1.165) is 42.7 Å². The molecule has 0 aliphatic carbocycles. The minimum absolute atomic E-state index is 0.263. The van der Waals surface area contributed by atoms with Crippen LogP contribution in [0.2, 0.25) is 0 Å². The number of ether oxygens (including phenoxy) is 1. The van der Waals surface area contributed by atoms with Gasteiger partial charge < -0.3 is 15.6 Å². The second-order valence-electron chi connectivity index (χ2n) is 4.38. The Kier molecular flexibility index (Phi) is 3.46. The van der Waals surface area contributed by atoms with Crippen molar-refractivity contribution in [3.8, 4) is 5.75 Å². The molecule has 0 spiro atoms. The number of aliphatic hydroxyl groups excluding tert-OH is 1. The maximum absolute atomic E-state index is 9.76. The van der Waals surface area contributed by atoms with Crippen LogP contribution in [-0.2, 0) is 6.42 Å². The lowest BCUT2D eigenvalue weighted by atomic mass is 9.98. The van der Waals surface area contributed by atoms with E-state index in [1.807, 2.05) is 19.1 Å². The Labute approximate surface area is 96.2 Å². The highest BCUT2D eigenvalue weighted by Crippen LogP contribution is 2.31. The summed E-state index contributed by atoms with van der Waals surface area (Å²) in [7, 11) is 0. The van der Waals surface area contributed by atoms with Gasteiger partial charge in [0.05, 0.1) is 12.7 Å². The lowest BCUT2D eigenvalue weighted by Gasteiger charge is -2.15. The number of nitrogens with two attached hydrogens (primary N) is 1. The standard InChI is InChI=1S/C13H19NO2/c1-9-6-11(12(15)8-14)7-10-4-2-3-5-16-13(9)10/h6-7,12,15H,2-5,8,14H2,1H3. The molecule has 1 atom stereocenters. The van der Waals surface area contributed by atoms with Crippen LogP contribution in [0, 0.1) is 6.92 Å². The van der Waals surface area contributed by atoms with Crippen molar-refractivity contribution in [3.63, 3.8) is 0 Å². The fourth-order valence-corrected chi connectivity index (χ4v) is 2.19. The van der Waals surface area contributed by atoms with Gasteiger partial charge in [0.15, 0.2) is 0 Å². The van der Waals surface area contributed by atoms with Crippen molar-refractivity contribution in [1.82, 2.24) is 0 Å². The lowest BCUT2D eigenvalue weighted by molar-refractivity contribution is 0.186. The summed E-state index contributed by atoms with van der Waals surface area (Å²) < 4.78 is 5.73. The second kappa shape index (κ2) is 4.85. The zero-order chi connectivity index (χ0) is 11.5. The molecule has 2 rings (SSSR count). The first-order valence-electron chi connectivity index (χ1n) is 5.86. The number of rotatable bonds is 2. The molecule has 16 heavy (non-hydrogen) atoms. The molecule has 0 bridgehead atoms. The summed E-state index contributed by atoms with van der Waals surface area (Å²) in [6.07, 6.45) is 2.71. The second-order valence-corrected chi connectivity index (χ2v) is 4.38. The summed E-state index contributed by atoms with van der Waals surface area (Å²) in [4.78, 5) is 0. The van der Waals surface area contributed by atoms with Crippen LogP contribution in [0.3, 0.4) is 0 Å². The number of fused-ring (bicyclic) bond motifs is 1. The van der Waals surface area contributed by atoms with Gasteiger partial charge in [-0.25, -0.2) is 0 Å². The fraction of sp³-hybridized carbons (Fsp3) is 0.538. The van der Waals surface area contributed by atoms with Gasteiger partial charge in [0.1, 0.15) is 5.75 Å². The number of benzene rings is 1. The molecule has 1 heterocycles. The summed E-state index contributed by atoms with van der Waals surface area (Å²) in [6, 6.07) is 4.01. The first-order valence-corrected chi connectivity index (χ1v) is 5.86.